The molecule has 0 aliphatic carbocycles. The van der Waals surface area contributed by atoms with Crippen molar-refractivity contribution in [1.82, 2.24) is 0 Å². The lowest BCUT2D eigenvalue weighted by Crippen LogP contribution is -2.00. The van der Waals surface area contributed by atoms with Crippen LogP contribution in [0.3, 0.4) is 0 Å². The summed E-state index contributed by atoms with van der Waals surface area (Å²) >= 11 is 11.4. The van der Waals surface area contributed by atoms with E-state index in [1.54, 1.807) is 30.3 Å². The lowest BCUT2D eigenvalue weighted by atomic mass is 10.0. The van der Waals surface area contributed by atoms with E-state index >= 15 is 0 Å². The highest BCUT2D eigenvalue weighted by atomic mass is 35.5. The van der Waals surface area contributed by atoms with Crippen molar-refractivity contribution in [2.75, 3.05) is 0 Å². The van der Waals surface area contributed by atoms with Gasteiger partial charge >= 0.3 is 0 Å². The number of aliphatic hydroxyl groups excluding tert-OH is 1. The minimum absolute atomic E-state index is 0.0343. The van der Waals surface area contributed by atoms with Crippen molar-refractivity contribution in [3.05, 3.63) is 69.5 Å². The molecule has 0 radical (unpaired) electrons. The van der Waals surface area contributed by atoms with E-state index in [4.69, 9.17) is 23.2 Å². The van der Waals surface area contributed by atoms with Gasteiger partial charge in [0.05, 0.1) is 5.02 Å². The minimum Gasteiger partial charge on any atom is -0.384 e. The van der Waals surface area contributed by atoms with Crippen molar-refractivity contribution in [2.24, 2.45) is 0 Å². The van der Waals surface area contributed by atoms with Crippen LogP contribution in [-0.4, -0.2) is 5.11 Å². The van der Waals surface area contributed by atoms with Gasteiger partial charge in [-0.2, -0.15) is 0 Å². The van der Waals surface area contributed by atoms with Crippen LogP contribution in [0.15, 0.2) is 42.5 Å². The number of halogens is 3. The van der Waals surface area contributed by atoms with Gasteiger partial charge in [0.15, 0.2) is 0 Å². The first kappa shape index (κ1) is 12.4. The molecule has 0 bridgehead atoms. The summed E-state index contributed by atoms with van der Waals surface area (Å²) in [5.41, 5.74) is 1.05. The van der Waals surface area contributed by atoms with Gasteiger partial charge in [-0.3, -0.25) is 0 Å². The fourth-order valence-corrected chi connectivity index (χ4v) is 1.87. The summed E-state index contributed by atoms with van der Waals surface area (Å²) in [5, 5.41) is 10.6. The highest BCUT2D eigenvalue weighted by molar-refractivity contribution is 6.31. The van der Waals surface area contributed by atoms with Gasteiger partial charge in [0.2, 0.25) is 0 Å². The highest BCUT2D eigenvalue weighted by Crippen LogP contribution is 2.26. The van der Waals surface area contributed by atoms with Gasteiger partial charge in [-0.1, -0.05) is 41.4 Å². The molecule has 2 rings (SSSR count). The number of aliphatic hydroxyl groups is 1. The maximum atomic E-state index is 13.3. The van der Waals surface area contributed by atoms with Crippen LogP contribution in [0.2, 0.25) is 10.0 Å². The summed E-state index contributed by atoms with van der Waals surface area (Å²) in [6.45, 7) is 0. The average Bonchev–Trinajstić information content (AvgIpc) is 2.32. The number of rotatable bonds is 2. The second kappa shape index (κ2) is 5.05. The van der Waals surface area contributed by atoms with Crippen LogP contribution in [0, 0.1) is 5.82 Å². The fourth-order valence-electron chi connectivity index (χ4n) is 1.55. The molecule has 1 nitrogen and oxygen atoms in total. The van der Waals surface area contributed by atoms with Crippen molar-refractivity contribution in [2.45, 2.75) is 6.10 Å². The molecule has 4 heteroatoms. The van der Waals surface area contributed by atoms with Crippen molar-refractivity contribution in [3.8, 4) is 0 Å². The Morgan fingerprint density at radius 1 is 1.00 bits per heavy atom. The molecule has 0 saturated carbocycles. The molecule has 88 valence electrons. The Labute approximate surface area is 108 Å². The first-order valence-corrected chi connectivity index (χ1v) is 5.72. The molecule has 0 aliphatic heterocycles. The van der Waals surface area contributed by atoms with Crippen LogP contribution in [0.1, 0.15) is 17.2 Å². The Morgan fingerprint density at radius 2 is 1.71 bits per heavy atom. The van der Waals surface area contributed by atoms with E-state index in [-0.39, 0.29) is 5.02 Å². The molecular weight excluding hydrogens is 262 g/mol. The van der Waals surface area contributed by atoms with E-state index in [0.717, 1.165) is 0 Å². The molecule has 0 spiro atoms. The Kier molecular flexibility index (Phi) is 3.67. The molecule has 0 aliphatic rings. The van der Waals surface area contributed by atoms with Gasteiger partial charge in [0.1, 0.15) is 11.9 Å². The molecule has 17 heavy (non-hydrogen) atoms. The van der Waals surface area contributed by atoms with Gasteiger partial charge in [0.25, 0.3) is 0 Å². The lowest BCUT2D eigenvalue weighted by Gasteiger charge is -2.12. The summed E-state index contributed by atoms with van der Waals surface area (Å²) in [6.07, 6.45) is -0.916. The lowest BCUT2D eigenvalue weighted by molar-refractivity contribution is 0.220. The summed E-state index contributed by atoms with van der Waals surface area (Å²) in [5.74, 6) is -0.551. The van der Waals surface area contributed by atoms with E-state index in [1.807, 2.05) is 0 Å². The SMILES string of the molecule is O[C@@H](c1cccc(Cl)c1)c1ccc(Cl)c(F)c1. The van der Waals surface area contributed by atoms with Crippen LogP contribution in [0.5, 0.6) is 0 Å². The largest absolute Gasteiger partial charge is 0.384 e. The van der Waals surface area contributed by atoms with Gasteiger partial charge in [0, 0.05) is 5.02 Å². The Morgan fingerprint density at radius 3 is 2.35 bits per heavy atom. The smallest absolute Gasteiger partial charge is 0.142 e. The van der Waals surface area contributed by atoms with Gasteiger partial charge in [-0.15, -0.1) is 0 Å². The molecular formula is C13H9Cl2FO. The van der Waals surface area contributed by atoms with Crippen LogP contribution in [0.4, 0.5) is 4.39 Å². The molecule has 2 aromatic rings. The molecule has 1 N–H and O–H groups in total. The standard InChI is InChI=1S/C13H9Cl2FO/c14-10-3-1-2-8(6-10)13(17)9-4-5-11(15)12(16)7-9/h1-7,13,17H/t13-/m0/s1. The molecule has 1 atom stereocenters. The minimum atomic E-state index is -0.916. The van der Waals surface area contributed by atoms with E-state index in [2.05, 4.69) is 0 Å². The second-order valence-corrected chi connectivity index (χ2v) is 4.47. The van der Waals surface area contributed by atoms with Crippen LogP contribution in [-0.2, 0) is 0 Å². The van der Waals surface area contributed by atoms with Gasteiger partial charge in [-0.05, 0) is 35.4 Å². The highest BCUT2D eigenvalue weighted by Gasteiger charge is 2.12. The first-order valence-electron chi connectivity index (χ1n) is 4.96. The van der Waals surface area contributed by atoms with E-state index in [0.29, 0.717) is 16.1 Å². The molecule has 0 unspecified atom stereocenters. The average molecular weight is 271 g/mol. The summed E-state index contributed by atoms with van der Waals surface area (Å²) < 4.78 is 13.3. The molecule has 0 aromatic heterocycles. The third-order valence-corrected chi connectivity index (χ3v) is 2.97. The topological polar surface area (TPSA) is 20.2 Å². The third kappa shape index (κ3) is 2.78. The number of hydrogen-bond donors (Lipinski definition) is 1. The zero-order valence-electron chi connectivity index (χ0n) is 8.70. The molecule has 0 saturated heterocycles. The molecule has 0 heterocycles. The Bertz CT molecular complexity index is 543. The fraction of sp³-hybridized carbons (Fsp3) is 0.0769. The molecule has 0 amide bonds. The monoisotopic (exact) mass is 270 g/mol. The van der Waals surface area contributed by atoms with Crippen LogP contribution in [0.25, 0.3) is 0 Å². The van der Waals surface area contributed by atoms with Crippen LogP contribution >= 0.6 is 23.2 Å². The van der Waals surface area contributed by atoms with Gasteiger partial charge < -0.3 is 5.11 Å². The quantitative estimate of drug-likeness (QED) is 0.867. The molecule has 0 fully saturated rings. The maximum absolute atomic E-state index is 13.3. The molecule has 2 aromatic carbocycles. The summed E-state index contributed by atoms with van der Waals surface area (Å²) in [4.78, 5) is 0. The third-order valence-electron chi connectivity index (χ3n) is 2.42. The van der Waals surface area contributed by atoms with Crippen molar-refractivity contribution < 1.29 is 9.50 Å². The second-order valence-electron chi connectivity index (χ2n) is 3.63. The maximum Gasteiger partial charge on any atom is 0.142 e. The normalized spacial score (nSPS) is 12.5. The predicted octanol–water partition coefficient (Wildman–Crippen LogP) is 4.21. The zero-order chi connectivity index (χ0) is 12.4. The van der Waals surface area contributed by atoms with Crippen molar-refractivity contribution in [3.63, 3.8) is 0 Å². The first-order chi connectivity index (χ1) is 8.08. The Balaban J connectivity index is 2.36. The number of hydrogen-bond acceptors (Lipinski definition) is 1. The van der Waals surface area contributed by atoms with E-state index in [9.17, 15) is 9.50 Å². The van der Waals surface area contributed by atoms with Crippen LogP contribution < -0.4 is 0 Å². The van der Waals surface area contributed by atoms with E-state index < -0.39 is 11.9 Å². The van der Waals surface area contributed by atoms with Crippen molar-refractivity contribution in [1.29, 1.82) is 0 Å². The number of benzene rings is 2. The summed E-state index contributed by atoms with van der Waals surface area (Å²) in [7, 11) is 0. The van der Waals surface area contributed by atoms with Crippen molar-refractivity contribution >= 4 is 23.2 Å². The summed E-state index contributed by atoms with van der Waals surface area (Å²) in [6, 6.07) is 11.0. The van der Waals surface area contributed by atoms with Gasteiger partial charge in [-0.25, -0.2) is 4.39 Å². The zero-order valence-corrected chi connectivity index (χ0v) is 10.2. The Hall–Kier alpha value is -1.09. The predicted molar refractivity (Wildman–Crippen MR) is 66.9 cm³/mol. The van der Waals surface area contributed by atoms with E-state index in [1.165, 1.54) is 12.1 Å².